The van der Waals surface area contributed by atoms with Crippen LogP contribution in [0.3, 0.4) is 0 Å². The molecule has 8 nitrogen and oxygen atoms in total. The molecule has 0 aliphatic carbocycles. The molecule has 0 fully saturated rings. The van der Waals surface area contributed by atoms with Crippen molar-refractivity contribution in [2.75, 3.05) is 12.4 Å². The molecule has 0 aliphatic rings. The molecule has 0 radical (unpaired) electrons. The van der Waals surface area contributed by atoms with Gasteiger partial charge in [-0.1, -0.05) is 23.2 Å². The highest BCUT2D eigenvalue weighted by Crippen LogP contribution is 2.32. The van der Waals surface area contributed by atoms with Gasteiger partial charge >= 0.3 is 0 Å². The largest absolute Gasteiger partial charge is 0.494 e. The summed E-state index contributed by atoms with van der Waals surface area (Å²) >= 11 is 17.0. The first-order valence-electron chi connectivity index (χ1n) is 7.82. The molecule has 0 spiro atoms. The van der Waals surface area contributed by atoms with Crippen LogP contribution < -0.4 is 20.1 Å². The van der Waals surface area contributed by atoms with E-state index in [4.69, 9.17) is 40.2 Å². The average molecular weight is 476 g/mol. The highest BCUT2D eigenvalue weighted by molar-refractivity contribution is 7.90. The number of hydrogen-bond acceptors (Lipinski definition) is 6. The minimum absolute atomic E-state index is 0.0504. The van der Waals surface area contributed by atoms with Gasteiger partial charge in [-0.3, -0.25) is 14.9 Å². The summed E-state index contributed by atoms with van der Waals surface area (Å²) in [6.45, 7) is 1.09. The van der Waals surface area contributed by atoms with E-state index in [0.717, 1.165) is 6.92 Å². The van der Waals surface area contributed by atoms with E-state index in [-0.39, 0.29) is 31.4 Å². The Morgan fingerprint density at radius 1 is 1.10 bits per heavy atom. The second-order valence-electron chi connectivity index (χ2n) is 5.56. The van der Waals surface area contributed by atoms with Crippen molar-refractivity contribution in [1.29, 1.82) is 0 Å². The zero-order valence-electron chi connectivity index (χ0n) is 15.1. The number of halogens is 2. The van der Waals surface area contributed by atoms with Gasteiger partial charge < -0.3 is 10.1 Å². The Morgan fingerprint density at radius 3 is 2.28 bits per heavy atom. The van der Waals surface area contributed by atoms with E-state index in [0.29, 0.717) is 5.69 Å². The van der Waals surface area contributed by atoms with Gasteiger partial charge in [0.05, 0.1) is 22.6 Å². The van der Waals surface area contributed by atoms with Gasteiger partial charge in [-0.05, 0) is 48.6 Å². The van der Waals surface area contributed by atoms with Crippen LogP contribution >= 0.6 is 35.4 Å². The van der Waals surface area contributed by atoms with E-state index in [1.54, 1.807) is 0 Å². The summed E-state index contributed by atoms with van der Waals surface area (Å²) < 4.78 is 30.8. The Balaban J connectivity index is 2.10. The Morgan fingerprint density at radius 2 is 1.72 bits per heavy atom. The predicted octanol–water partition coefficient (Wildman–Crippen LogP) is 2.95. The first-order valence-corrected chi connectivity index (χ1v) is 10.5. The Kier molecular flexibility index (Phi) is 7.42. The molecule has 2 aromatic carbocycles. The average Bonchev–Trinajstić information content (AvgIpc) is 2.60. The van der Waals surface area contributed by atoms with Crippen molar-refractivity contribution < 1.29 is 22.7 Å². The molecule has 0 bridgehead atoms. The molecule has 0 atom stereocenters. The Labute approximate surface area is 182 Å². The lowest BCUT2D eigenvalue weighted by Crippen LogP contribution is -2.34. The van der Waals surface area contributed by atoms with Gasteiger partial charge in [0.25, 0.3) is 15.9 Å². The van der Waals surface area contributed by atoms with Crippen LogP contribution in [0.15, 0.2) is 41.3 Å². The zero-order valence-corrected chi connectivity index (χ0v) is 18.2. The van der Waals surface area contributed by atoms with Gasteiger partial charge in [0, 0.05) is 17.6 Å². The maximum atomic E-state index is 12.5. The van der Waals surface area contributed by atoms with E-state index in [1.807, 2.05) is 4.72 Å². The number of anilines is 1. The minimum Gasteiger partial charge on any atom is -0.494 e. The third kappa shape index (κ3) is 6.04. The maximum Gasteiger partial charge on any atom is 0.264 e. The third-order valence-corrected chi connectivity index (χ3v) is 5.54. The van der Waals surface area contributed by atoms with Crippen molar-refractivity contribution in [1.82, 2.24) is 10.0 Å². The molecule has 2 aromatic rings. The number of nitrogens with one attached hydrogen (secondary N) is 3. The molecule has 0 heterocycles. The lowest BCUT2D eigenvalue weighted by Gasteiger charge is -2.13. The van der Waals surface area contributed by atoms with Crippen LogP contribution in [0.4, 0.5) is 5.69 Å². The standard InChI is InChI=1S/C17H15Cl2N3O5S2/c1-9(23)22-29(25,26)12-5-3-11(4-6-12)20-17(28)21-16(24)13-7-10(18)8-14(19)15(13)27-2/h3-8H,1-2H3,(H,22,23)(H2,20,21,24,28). The van der Waals surface area contributed by atoms with Crippen LogP contribution in [0.1, 0.15) is 17.3 Å². The van der Waals surface area contributed by atoms with Crippen LogP contribution in [-0.2, 0) is 14.8 Å². The molecule has 2 rings (SSSR count). The number of amides is 2. The molecular weight excluding hydrogens is 461 g/mol. The topological polar surface area (TPSA) is 114 Å². The van der Waals surface area contributed by atoms with Gasteiger partial charge in [0.2, 0.25) is 5.91 Å². The normalized spacial score (nSPS) is 10.8. The summed E-state index contributed by atoms with van der Waals surface area (Å²) in [5.74, 6) is -1.16. The van der Waals surface area contributed by atoms with Gasteiger partial charge in [0.1, 0.15) is 5.75 Å². The summed E-state index contributed by atoms with van der Waals surface area (Å²) in [6.07, 6.45) is 0. The zero-order chi connectivity index (χ0) is 21.8. The van der Waals surface area contributed by atoms with Gasteiger partial charge in [0.15, 0.2) is 5.11 Å². The number of sulfonamides is 1. The monoisotopic (exact) mass is 475 g/mol. The number of thiocarbonyl (C=S) groups is 1. The predicted molar refractivity (Wildman–Crippen MR) is 114 cm³/mol. The molecule has 2 amide bonds. The molecule has 29 heavy (non-hydrogen) atoms. The lowest BCUT2D eigenvalue weighted by atomic mass is 10.2. The SMILES string of the molecule is COc1c(Cl)cc(Cl)cc1C(=O)NC(=S)Nc1ccc(S(=O)(=O)NC(C)=O)cc1. The number of rotatable bonds is 5. The summed E-state index contributed by atoms with van der Waals surface area (Å²) in [5, 5.41) is 5.56. The van der Waals surface area contributed by atoms with Gasteiger partial charge in [-0.15, -0.1) is 0 Å². The third-order valence-electron chi connectivity index (χ3n) is 3.38. The fraction of sp³-hybridized carbons (Fsp3) is 0.118. The molecule has 154 valence electrons. The van der Waals surface area contributed by atoms with Crippen molar-refractivity contribution in [2.24, 2.45) is 0 Å². The quantitative estimate of drug-likeness (QED) is 0.569. The van der Waals surface area contributed by atoms with Crippen LogP contribution in [0, 0.1) is 0 Å². The van der Waals surface area contributed by atoms with Crippen molar-refractivity contribution >= 4 is 68.1 Å². The maximum absolute atomic E-state index is 12.5. The number of benzene rings is 2. The van der Waals surface area contributed by atoms with E-state index in [2.05, 4.69) is 10.6 Å². The smallest absolute Gasteiger partial charge is 0.264 e. The van der Waals surface area contributed by atoms with Crippen molar-refractivity contribution in [2.45, 2.75) is 11.8 Å². The molecular formula is C17H15Cl2N3O5S2. The molecule has 0 saturated carbocycles. The van der Waals surface area contributed by atoms with E-state index < -0.39 is 21.8 Å². The Bertz CT molecular complexity index is 1070. The fourth-order valence-corrected chi connectivity index (χ4v) is 4.01. The summed E-state index contributed by atoms with van der Waals surface area (Å²) in [6, 6.07) is 8.21. The lowest BCUT2D eigenvalue weighted by molar-refractivity contribution is -0.117. The number of hydrogen-bond donors (Lipinski definition) is 3. The van der Waals surface area contributed by atoms with E-state index in [1.165, 1.54) is 43.5 Å². The van der Waals surface area contributed by atoms with E-state index >= 15 is 0 Å². The minimum atomic E-state index is -3.94. The molecule has 12 heteroatoms. The number of methoxy groups -OCH3 is 1. The highest BCUT2D eigenvalue weighted by atomic mass is 35.5. The van der Waals surface area contributed by atoms with Crippen LogP contribution in [0.25, 0.3) is 0 Å². The molecule has 0 aromatic heterocycles. The first-order chi connectivity index (χ1) is 13.5. The van der Waals surface area contributed by atoms with E-state index in [9.17, 15) is 18.0 Å². The fourth-order valence-electron chi connectivity index (χ4n) is 2.23. The summed E-state index contributed by atoms with van der Waals surface area (Å²) in [7, 11) is -2.58. The molecule has 0 aliphatic heterocycles. The molecule has 0 saturated heterocycles. The number of carbonyl (C=O) groups is 2. The van der Waals surface area contributed by atoms with Crippen molar-refractivity contribution in [3.8, 4) is 5.75 Å². The second-order valence-corrected chi connectivity index (χ2v) is 8.50. The summed E-state index contributed by atoms with van der Waals surface area (Å²) in [4.78, 5) is 23.3. The van der Waals surface area contributed by atoms with Crippen LogP contribution in [-0.4, -0.2) is 32.5 Å². The molecule has 3 N–H and O–H groups in total. The number of ether oxygens (including phenoxy) is 1. The van der Waals surface area contributed by atoms with Crippen molar-refractivity contribution in [3.05, 3.63) is 52.0 Å². The Hall–Kier alpha value is -2.40. The first kappa shape index (κ1) is 22.9. The van der Waals surface area contributed by atoms with Crippen LogP contribution in [0.2, 0.25) is 10.0 Å². The van der Waals surface area contributed by atoms with Crippen molar-refractivity contribution in [3.63, 3.8) is 0 Å². The second kappa shape index (κ2) is 9.40. The van der Waals surface area contributed by atoms with Gasteiger partial charge in [-0.25, -0.2) is 13.1 Å². The van der Waals surface area contributed by atoms with Gasteiger partial charge in [-0.2, -0.15) is 0 Å². The highest BCUT2D eigenvalue weighted by Gasteiger charge is 2.18. The number of carbonyl (C=O) groups excluding carboxylic acids is 2. The summed E-state index contributed by atoms with van der Waals surface area (Å²) in [5.41, 5.74) is 0.499. The molecule has 0 unspecified atom stereocenters. The van der Waals surface area contributed by atoms with Crippen LogP contribution in [0.5, 0.6) is 5.75 Å².